The number of hydrogen-bond acceptors (Lipinski definition) is 2. The fourth-order valence-electron chi connectivity index (χ4n) is 1.05. The molecule has 0 spiro atoms. The van der Waals surface area contributed by atoms with Crippen LogP contribution in [0, 0.1) is 5.92 Å². The van der Waals surface area contributed by atoms with Crippen molar-refractivity contribution in [1.29, 1.82) is 0 Å². The van der Waals surface area contributed by atoms with Crippen LogP contribution in [-0.2, 0) is 26.5 Å². The molecule has 1 aromatic heterocycles. The van der Waals surface area contributed by atoms with Gasteiger partial charge in [0.1, 0.15) is 5.82 Å². The summed E-state index contributed by atoms with van der Waals surface area (Å²) < 4.78 is 1.74. The molecule has 0 saturated carbocycles. The zero-order chi connectivity index (χ0) is 9.84. The van der Waals surface area contributed by atoms with Crippen LogP contribution >= 0.6 is 0 Å². The van der Waals surface area contributed by atoms with E-state index in [-0.39, 0.29) is 32.7 Å². The first-order chi connectivity index (χ1) is 6.15. The van der Waals surface area contributed by atoms with Crippen molar-refractivity contribution in [2.45, 2.75) is 27.7 Å². The maximum Gasteiger partial charge on any atom is 0.124 e. The summed E-state index contributed by atoms with van der Waals surface area (Å²) >= 11 is 0. The third-order valence-corrected chi connectivity index (χ3v) is 2.12. The average Bonchev–Trinajstić information content (AvgIpc) is 2.51. The molecular formula is C11H19N2OZn-. The van der Waals surface area contributed by atoms with Crippen LogP contribution in [0.15, 0.2) is 18.5 Å². The molecule has 0 fully saturated rings. The van der Waals surface area contributed by atoms with E-state index in [1.165, 1.54) is 0 Å². The Balaban J connectivity index is 0. The monoisotopic (exact) mass is 259 g/mol. The van der Waals surface area contributed by atoms with Crippen molar-refractivity contribution >= 4 is 5.76 Å². The molecule has 0 saturated heterocycles. The van der Waals surface area contributed by atoms with E-state index in [1.807, 2.05) is 14.0 Å². The summed E-state index contributed by atoms with van der Waals surface area (Å²) in [5.41, 5.74) is 0. The van der Waals surface area contributed by atoms with E-state index in [0.717, 1.165) is 6.42 Å². The quantitative estimate of drug-likeness (QED) is 0.614. The van der Waals surface area contributed by atoms with Gasteiger partial charge in [0.15, 0.2) is 0 Å². The molecule has 0 aliphatic rings. The van der Waals surface area contributed by atoms with Gasteiger partial charge in [-0.15, -0.1) is 0 Å². The molecule has 0 amide bonds. The van der Waals surface area contributed by atoms with Gasteiger partial charge in [-0.05, 0) is 5.92 Å². The predicted octanol–water partition coefficient (Wildman–Crippen LogP) is 1.80. The first-order valence-corrected chi connectivity index (χ1v) is 4.51. The van der Waals surface area contributed by atoms with E-state index in [0.29, 0.717) is 11.7 Å². The SMILES string of the molecule is C.CC[C@@H](C)/C=C(/[O-])c1nccn1C.[Zn]. The summed E-state index contributed by atoms with van der Waals surface area (Å²) in [4.78, 5) is 3.99. The van der Waals surface area contributed by atoms with Gasteiger partial charge in [0.2, 0.25) is 0 Å². The molecular weight excluding hydrogens is 242 g/mol. The first kappa shape index (κ1) is 16.8. The Morgan fingerprint density at radius 2 is 2.27 bits per heavy atom. The van der Waals surface area contributed by atoms with Crippen molar-refractivity contribution in [3.05, 3.63) is 24.3 Å². The molecule has 15 heavy (non-hydrogen) atoms. The summed E-state index contributed by atoms with van der Waals surface area (Å²) in [6.45, 7) is 4.09. The smallest absolute Gasteiger partial charge is 0.124 e. The molecule has 1 aromatic rings. The van der Waals surface area contributed by atoms with Crippen LogP contribution in [0.5, 0.6) is 0 Å². The number of hydrogen-bond donors (Lipinski definition) is 0. The van der Waals surface area contributed by atoms with E-state index in [2.05, 4.69) is 11.9 Å². The molecule has 4 heteroatoms. The van der Waals surface area contributed by atoms with E-state index in [1.54, 1.807) is 23.0 Å². The number of aromatic nitrogens is 2. The predicted molar refractivity (Wildman–Crippen MR) is 57.4 cm³/mol. The molecule has 0 bridgehead atoms. The third-order valence-electron chi connectivity index (χ3n) is 2.12. The Kier molecular flexibility index (Phi) is 8.55. The minimum atomic E-state index is 0. The Morgan fingerprint density at radius 1 is 1.67 bits per heavy atom. The fourth-order valence-corrected chi connectivity index (χ4v) is 1.05. The third kappa shape index (κ3) is 4.61. The first-order valence-electron chi connectivity index (χ1n) is 4.51. The zero-order valence-electron chi connectivity index (χ0n) is 9.03. The number of imidazole rings is 1. The van der Waals surface area contributed by atoms with Crippen LogP contribution < -0.4 is 5.11 Å². The maximum atomic E-state index is 11.6. The van der Waals surface area contributed by atoms with Crippen molar-refractivity contribution in [2.24, 2.45) is 13.0 Å². The molecule has 0 N–H and O–H groups in total. The zero-order valence-corrected chi connectivity index (χ0v) is 12.0. The van der Waals surface area contributed by atoms with E-state index in [4.69, 9.17) is 0 Å². The summed E-state index contributed by atoms with van der Waals surface area (Å²) in [7, 11) is 1.82. The summed E-state index contributed by atoms with van der Waals surface area (Å²) in [6, 6.07) is 0. The van der Waals surface area contributed by atoms with Crippen LogP contribution in [-0.4, -0.2) is 9.55 Å². The van der Waals surface area contributed by atoms with Crippen LogP contribution in [0.3, 0.4) is 0 Å². The van der Waals surface area contributed by atoms with Gasteiger partial charge in [0.05, 0.1) is 0 Å². The average molecular weight is 261 g/mol. The minimum absolute atomic E-state index is 0. The van der Waals surface area contributed by atoms with Gasteiger partial charge < -0.3 is 9.67 Å². The molecule has 82 valence electrons. The Morgan fingerprint density at radius 3 is 2.67 bits per heavy atom. The van der Waals surface area contributed by atoms with Gasteiger partial charge in [0.25, 0.3) is 0 Å². The second kappa shape index (κ2) is 7.64. The topological polar surface area (TPSA) is 40.9 Å². The van der Waals surface area contributed by atoms with Crippen LogP contribution in [0.1, 0.15) is 33.5 Å². The molecule has 1 heterocycles. The second-order valence-electron chi connectivity index (χ2n) is 3.28. The molecule has 0 aliphatic carbocycles. The van der Waals surface area contributed by atoms with Gasteiger partial charge in [-0.2, -0.15) is 0 Å². The molecule has 1 atom stereocenters. The standard InChI is InChI=1S/C10H16N2O.CH4.Zn/c1-4-8(2)7-9(13)10-11-5-6-12(10)3;;/h5-8,13H,4H2,1-3H3;1H4;/p-1/b9-7+;;/t8-;;/m1../s1. The Labute approximate surface area is 105 Å². The van der Waals surface area contributed by atoms with Crippen molar-refractivity contribution in [3.63, 3.8) is 0 Å². The fraction of sp³-hybridized carbons (Fsp3) is 0.545. The number of allylic oxidation sites excluding steroid dienone is 1. The van der Waals surface area contributed by atoms with Gasteiger partial charge in [-0.25, -0.2) is 4.98 Å². The Hall–Kier alpha value is -0.627. The number of rotatable bonds is 3. The molecule has 0 radical (unpaired) electrons. The molecule has 3 nitrogen and oxygen atoms in total. The molecule has 0 aliphatic heterocycles. The van der Waals surface area contributed by atoms with E-state index in [9.17, 15) is 5.11 Å². The second-order valence-corrected chi connectivity index (χ2v) is 3.28. The molecule has 0 unspecified atom stereocenters. The van der Waals surface area contributed by atoms with Crippen molar-refractivity contribution < 1.29 is 24.6 Å². The number of aryl methyl sites for hydroxylation is 1. The molecule has 0 aromatic carbocycles. The largest absolute Gasteiger partial charge is 0.870 e. The normalized spacial score (nSPS) is 12.6. The summed E-state index contributed by atoms with van der Waals surface area (Å²) in [6.07, 6.45) is 6.12. The van der Waals surface area contributed by atoms with E-state index < -0.39 is 0 Å². The van der Waals surface area contributed by atoms with Crippen LogP contribution in [0.25, 0.3) is 5.76 Å². The minimum Gasteiger partial charge on any atom is -0.870 e. The van der Waals surface area contributed by atoms with Crippen molar-refractivity contribution in [2.75, 3.05) is 0 Å². The van der Waals surface area contributed by atoms with Gasteiger partial charge >= 0.3 is 0 Å². The maximum absolute atomic E-state index is 11.6. The molecule has 1 rings (SSSR count). The van der Waals surface area contributed by atoms with Crippen LogP contribution in [0.4, 0.5) is 0 Å². The van der Waals surface area contributed by atoms with Gasteiger partial charge in [-0.3, -0.25) is 0 Å². The van der Waals surface area contributed by atoms with Crippen LogP contribution in [0.2, 0.25) is 0 Å². The van der Waals surface area contributed by atoms with Crippen molar-refractivity contribution in [3.8, 4) is 0 Å². The van der Waals surface area contributed by atoms with Crippen molar-refractivity contribution in [1.82, 2.24) is 9.55 Å². The van der Waals surface area contributed by atoms with Gasteiger partial charge in [-0.1, -0.05) is 39.5 Å². The summed E-state index contributed by atoms with van der Waals surface area (Å²) in [5.74, 6) is 0.853. The van der Waals surface area contributed by atoms with Gasteiger partial charge in [0, 0.05) is 38.9 Å². The summed E-state index contributed by atoms with van der Waals surface area (Å²) in [5, 5.41) is 11.6. The van der Waals surface area contributed by atoms with E-state index >= 15 is 0 Å². The Bertz CT molecular complexity index is 307. The number of nitrogens with zero attached hydrogens (tertiary/aromatic N) is 2.